The first-order valence-electron chi connectivity index (χ1n) is 5.42. The van der Waals surface area contributed by atoms with Crippen LogP contribution in [0.3, 0.4) is 0 Å². The number of aromatic amines is 1. The number of hydrogen-bond acceptors (Lipinski definition) is 3. The zero-order chi connectivity index (χ0) is 11.5. The molecule has 5 heteroatoms. The fraction of sp³-hybridized carbons (Fsp3) is 0.455. The molecular formula is C11H15N3O2. The van der Waals surface area contributed by atoms with E-state index >= 15 is 0 Å². The van der Waals surface area contributed by atoms with E-state index in [1.807, 2.05) is 0 Å². The summed E-state index contributed by atoms with van der Waals surface area (Å²) in [6.45, 7) is 1.21. The molecule has 1 aromatic heterocycles. The summed E-state index contributed by atoms with van der Waals surface area (Å²) in [4.78, 5) is 27.4. The van der Waals surface area contributed by atoms with Crippen LogP contribution in [0.4, 0.5) is 0 Å². The molecule has 1 aromatic rings. The molecule has 1 amide bonds. The molecule has 1 aliphatic heterocycles. The van der Waals surface area contributed by atoms with E-state index in [9.17, 15) is 9.59 Å². The molecular weight excluding hydrogens is 206 g/mol. The Morgan fingerprint density at radius 2 is 2.44 bits per heavy atom. The zero-order valence-electron chi connectivity index (χ0n) is 8.98. The van der Waals surface area contributed by atoms with Crippen molar-refractivity contribution in [1.29, 1.82) is 0 Å². The predicted octanol–water partition coefficient (Wildman–Crippen LogP) is -0.0618. The van der Waals surface area contributed by atoms with E-state index in [-0.39, 0.29) is 17.5 Å². The van der Waals surface area contributed by atoms with E-state index in [0.717, 1.165) is 19.4 Å². The fourth-order valence-corrected chi connectivity index (χ4v) is 2.09. The molecule has 0 saturated carbocycles. The van der Waals surface area contributed by atoms with Gasteiger partial charge in [-0.3, -0.25) is 9.59 Å². The highest BCUT2D eigenvalue weighted by Gasteiger charge is 2.28. The molecule has 5 nitrogen and oxygen atoms in total. The minimum absolute atomic E-state index is 0.0981. The predicted molar refractivity (Wildman–Crippen MR) is 60.2 cm³/mol. The van der Waals surface area contributed by atoms with E-state index in [1.165, 1.54) is 12.3 Å². The maximum Gasteiger partial charge on any atom is 0.254 e. The van der Waals surface area contributed by atoms with Gasteiger partial charge in [-0.2, -0.15) is 0 Å². The lowest BCUT2D eigenvalue weighted by molar-refractivity contribution is 0.0741. The Labute approximate surface area is 93.3 Å². The maximum atomic E-state index is 12.1. The number of carbonyl (C=O) groups is 1. The van der Waals surface area contributed by atoms with E-state index in [0.29, 0.717) is 12.1 Å². The van der Waals surface area contributed by atoms with Crippen LogP contribution in [0.15, 0.2) is 23.1 Å². The summed E-state index contributed by atoms with van der Waals surface area (Å²) in [5.41, 5.74) is 5.79. The Bertz CT molecular complexity index is 441. The number of nitrogens with one attached hydrogen (secondary N) is 1. The summed E-state index contributed by atoms with van der Waals surface area (Å²) in [6.07, 6.45) is 3.42. The van der Waals surface area contributed by atoms with Gasteiger partial charge < -0.3 is 15.6 Å². The van der Waals surface area contributed by atoms with Gasteiger partial charge in [0, 0.05) is 37.0 Å². The van der Waals surface area contributed by atoms with Crippen molar-refractivity contribution in [2.75, 3.05) is 13.1 Å². The van der Waals surface area contributed by atoms with Crippen molar-refractivity contribution in [3.63, 3.8) is 0 Å². The minimum Gasteiger partial charge on any atom is -0.334 e. The SMILES string of the molecule is NCC1CCCN1C(=O)c1cc[nH]c(=O)c1. The average Bonchev–Trinajstić information content (AvgIpc) is 2.76. The van der Waals surface area contributed by atoms with Gasteiger partial charge in [0.25, 0.3) is 5.91 Å². The molecule has 2 rings (SSSR count). The number of amides is 1. The number of nitrogens with two attached hydrogens (primary N) is 1. The number of rotatable bonds is 2. The summed E-state index contributed by atoms with van der Waals surface area (Å²) in [5.74, 6) is -0.0981. The van der Waals surface area contributed by atoms with E-state index in [1.54, 1.807) is 11.0 Å². The van der Waals surface area contributed by atoms with Crippen LogP contribution in [0.1, 0.15) is 23.2 Å². The standard InChI is InChI=1S/C11H15N3O2/c12-7-9-2-1-5-14(9)11(16)8-3-4-13-10(15)6-8/h3-4,6,9H,1-2,5,7,12H2,(H,13,15). The molecule has 86 valence electrons. The van der Waals surface area contributed by atoms with Crippen LogP contribution in [-0.4, -0.2) is 34.9 Å². The van der Waals surface area contributed by atoms with Gasteiger partial charge in [-0.25, -0.2) is 0 Å². The van der Waals surface area contributed by atoms with Gasteiger partial charge in [-0.1, -0.05) is 0 Å². The summed E-state index contributed by atoms with van der Waals surface area (Å²) in [6, 6.07) is 3.07. The van der Waals surface area contributed by atoms with Gasteiger partial charge in [0.2, 0.25) is 5.56 Å². The largest absolute Gasteiger partial charge is 0.334 e. The highest BCUT2D eigenvalue weighted by atomic mass is 16.2. The van der Waals surface area contributed by atoms with Gasteiger partial charge in [0.15, 0.2) is 0 Å². The Morgan fingerprint density at radius 1 is 1.62 bits per heavy atom. The molecule has 1 fully saturated rings. The number of nitrogens with zero attached hydrogens (tertiary/aromatic N) is 1. The van der Waals surface area contributed by atoms with Crippen LogP contribution in [0.25, 0.3) is 0 Å². The summed E-state index contributed by atoms with van der Waals surface area (Å²) >= 11 is 0. The molecule has 1 unspecified atom stereocenters. The number of pyridine rings is 1. The van der Waals surface area contributed by atoms with Gasteiger partial charge in [0.1, 0.15) is 0 Å². The zero-order valence-corrected chi connectivity index (χ0v) is 8.98. The number of aromatic nitrogens is 1. The van der Waals surface area contributed by atoms with Crippen molar-refractivity contribution < 1.29 is 4.79 Å². The van der Waals surface area contributed by atoms with E-state index < -0.39 is 0 Å². The van der Waals surface area contributed by atoms with Crippen molar-refractivity contribution in [3.8, 4) is 0 Å². The van der Waals surface area contributed by atoms with Gasteiger partial charge in [-0.05, 0) is 18.9 Å². The second-order valence-electron chi connectivity index (χ2n) is 3.97. The van der Waals surface area contributed by atoms with Crippen molar-refractivity contribution in [2.45, 2.75) is 18.9 Å². The van der Waals surface area contributed by atoms with E-state index in [4.69, 9.17) is 5.73 Å². The second-order valence-corrected chi connectivity index (χ2v) is 3.97. The smallest absolute Gasteiger partial charge is 0.254 e. The Kier molecular flexibility index (Phi) is 3.05. The summed E-state index contributed by atoms with van der Waals surface area (Å²) in [7, 11) is 0. The first kappa shape index (κ1) is 10.9. The van der Waals surface area contributed by atoms with Crippen LogP contribution in [0.2, 0.25) is 0 Å². The molecule has 1 aliphatic rings. The summed E-state index contributed by atoms with van der Waals surface area (Å²) in [5, 5.41) is 0. The Balaban J connectivity index is 2.22. The first-order valence-corrected chi connectivity index (χ1v) is 5.42. The van der Waals surface area contributed by atoms with Gasteiger partial charge in [0.05, 0.1) is 0 Å². The van der Waals surface area contributed by atoms with Crippen molar-refractivity contribution >= 4 is 5.91 Å². The van der Waals surface area contributed by atoms with E-state index in [2.05, 4.69) is 4.98 Å². The number of hydrogen-bond donors (Lipinski definition) is 2. The van der Waals surface area contributed by atoms with Crippen molar-refractivity contribution in [3.05, 3.63) is 34.2 Å². The molecule has 0 aliphatic carbocycles. The molecule has 1 saturated heterocycles. The number of carbonyl (C=O) groups excluding carboxylic acids is 1. The lowest BCUT2D eigenvalue weighted by Gasteiger charge is -2.23. The number of likely N-dealkylation sites (tertiary alicyclic amines) is 1. The highest BCUT2D eigenvalue weighted by molar-refractivity contribution is 5.94. The molecule has 2 heterocycles. The fourth-order valence-electron chi connectivity index (χ4n) is 2.09. The Morgan fingerprint density at radius 3 is 3.12 bits per heavy atom. The van der Waals surface area contributed by atoms with Crippen LogP contribution >= 0.6 is 0 Å². The van der Waals surface area contributed by atoms with Crippen molar-refractivity contribution in [1.82, 2.24) is 9.88 Å². The third-order valence-electron chi connectivity index (χ3n) is 2.93. The van der Waals surface area contributed by atoms with Gasteiger partial charge in [-0.15, -0.1) is 0 Å². The quantitative estimate of drug-likeness (QED) is 0.734. The van der Waals surface area contributed by atoms with Crippen LogP contribution in [0, 0.1) is 0 Å². The topological polar surface area (TPSA) is 79.2 Å². The average molecular weight is 221 g/mol. The third kappa shape index (κ3) is 1.99. The Hall–Kier alpha value is -1.62. The molecule has 1 atom stereocenters. The molecule has 0 radical (unpaired) electrons. The molecule has 0 bridgehead atoms. The monoisotopic (exact) mass is 221 g/mol. The summed E-state index contributed by atoms with van der Waals surface area (Å²) < 4.78 is 0. The normalized spacial score (nSPS) is 20.1. The van der Waals surface area contributed by atoms with Crippen LogP contribution in [0.5, 0.6) is 0 Å². The van der Waals surface area contributed by atoms with Crippen LogP contribution < -0.4 is 11.3 Å². The molecule has 0 spiro atoms. The van der Waals surface area contributed by atoms with Crippen molar-refractivity contribution in [2.24, 2.45) is 5.73 Å². The molecule has 16 heavy (non-hydrogen) atoms. The lowest BCUT2D eigenvalue weighted by atomic mass is 10.2. The lowest BCUT2D eigenvalue weighted by Crippen LogP contribution is -2.40. The van der Waals surface area contributed by atoms with Gasteiger partial charge >= 0.3 is 0 Å². The maximum absolute atomic E-state index is 12.1. The highest BCUT2D eigenvalue weighted by Crippen LogP contribution is 2.18. The van der Waals surface area contributed by atoms with Crippen LogP contribution in [-0.2, 0) is 0 Å². The molecule has 3 N–H and O–H groups in total. The minimum atomic E-state index is -0.255. The molecule has 0 aromatic carbocycles. The first-order chi connectivity index (χ1) is 7.72. The number of H-pyrrole nitrogens is 1. The second kappa shape index (κ2) is 4.49. The third-order valence-corrected chi connectivity index (χ3v) is 2.93.